The van der Waals surface area contributed by atoms with E-state index in [0.29, 0.717) is 10.2 Å². The molecule has 0 bridgehead atoms. The summed E-state index contributed by atoms with van der Waals surface area (Å²) in [5, 5.41) is -0.157. The Balaban J connectivity index is 2.41. The third-order valence-electron chi connectivity index (χ3n) is 2.55. The molecule has 0 saturated heterocycles. The maximum absolute atomic E-state index is 12.3. The monoisotopic (exact) mass is 356 g/mol. The average molecular weight is 357 g/mol. The number of benzene rings is 1. The van der Waals surface area contributed by atoms with Gasteiger partial charge in [-0.3, -0.25) is 10.6 Å². The van der Waals surface area contributed by atoms with Crippen LogP contribution in [0.15, 0.2) is 46.0 Å². The second-order valence-electron chi connectivity index (χ2n) is 4.09. The zero-order valence-electron chi connectivity index (χ0n) is 10.6. The minimum Gasteiger partial charge on any atom is -0.321 e. The second-order valence-corrected chi connectivity index (χ2v) is 6.54. The van der Waals surface area contributed by atoms with Crippen LogP contribution in [0.2, 0.25) is 0 Å². The Bertz CT molecular complexity index is 734. The summed E-state index contributed by atoms with van der Waals surface area (Å²) < 4.78 is 27.8. The lowest BCUT2D eigenvalue weighted by atomic mass is 10.2. The molecule has 0 spiro atoms. The predicted octanol–water partition coefficient (Wildman–Crippen LogP) is 2.24. The lowest BCUT2D eigenvalue weighted by Gasteiger charge is -2.12. The van der Waals surface area contributed by atoms with Crippen LogP contribution in [-0.2, 0) is 10.0 Å². The molecule has 0 unspecified atom stereocenters. The molecule has 0 saturated carbocycles. The van der Waals surface area contributed by atoms with Crippen molar-refractivity contribution in [3.05, 3.63) is 46.6 Å². The number of anilines is 2. The normalized spacial score (nSPS) is 11.2. The van der Waals surface area contributed by atoms with Crippen LogP contribution in [-0.4, -0.2) is 13.4 Å². The number of hydrogen-bond acceptors (Lipinski definition) is 5. The maximum Gasteiger partial charge on any atom is 0.281 e. The largest absolute Gasteiger partial charge is 0.321 e. The highest BCUT2D eigenvalue weighted by Crippen LogP contribution is 2.27. The first-order valence-electron chi connectivity index (χ1n) is 5.64. The average Bonchev–Trinajstić information content (AvgIpc) is 2.42. The van der Waals surface area contributed by atoms with Gasteiger partial charge in [0.25, 0.3) is 10.0 Å². The Kier molecular flexibility index (Phi) is 4.26. The first kappa shape index (κ1) is 14.8. The number of pyridine rings is 1. The number of rotatable bonds is 4. The molecule has 0 atom stereocenters. The Morgan fingerprint density at radius 2 is 2.00 bits per heavy atom. The summed E-state index contributed by atoms with van der Waals surface area (Å²) in [6.07, 6.45) is 1.39. The highest BCUT2D eigenvalue weighted by Gasteiger charge is 2.20. The highest BCUT2D eigenvalue weighted by molar-refractivity contribution is 9.10. The topological polar surface area (TPSA) is 97.1 Å². The first-order valence-corrected chi connectivity index (χ1v) is 7.92. The van der Waals surface area contributed by atoms with E-state index in [4.69, 9.17) is 5.84 Å². The van der Waals surface area contributed by atoms with Crippen molar-refractivity contribution in [3.8, 4) is 0 Å². The summed E-state index contributed by atoms with van der Waals surface area (Å²) in [4.78, 5) is 3.86. The summed E-state index contributed by atoms with van der Waals surface area (Å²) in [7, 11) is -3.83. The smallest absolute Gasteiger partial charge is 0.281 e. The molecule has 0 radical (unpaired) electrons. The van der Waals surface area contributed by atoms with Crippen molar-refractivity contribution in [3.63, 3.8) is 0 Å². The van der Waals surface area contributed by atoms with E-state index in [2.05, 4.69) is 31.1 Å². The molecule has 0 aliphatic heterocycles. The lowest BCUT2D eigenvalue weighted by molar-refractivity contribution is 0.598. The number of nitrogens with zero attached hydrogens (tertiary/aromatic N) is 1. The highest BCUT2D eigenvalue weighted by atomic mass is 79.9. The molecule has 0 fully saturated rings. The third-order valence-corrected chi connectivity index (χ3v) is 4.53. The van der Waals surface area contributed by atoms with Gasteiger partial charge in [0.1, 0.15) is 0 Å². The fourth-order valence-electron chi connectivity index (χ4n) is 1.61. The fraction of sp³-hybridized carbons (Fsp3) is 0.0833. The standard InChI is InChI=1S/C12H13BrN4O2S/c1-8-4-5-10(9(13)7-8)17-20(18,19)12-11(16-14)3-2-6-15-12/h2-7,16-17H,14H2,1H3. The number of hydrogen-bond donors (Lipinski definition) is 3. The lowest BCUT2D eigenvalue weighted by Crippen LogP contribution is -2.19. The van der Waals surface area contributed by atoms with Crippen molar-refractivity contribution >= 4 is 37.3 Å². The van der Waals surface area contributed by atoms with Gasteiger partial charge in [0.2, 0.25) is 5.03 Å². The van der Waals surface area contributed by atoms with Crippen molar-refractivity contribution in [2.45, 2.75) is 11.9 Å². The quantitative estimate of drug-likeness (QED) is 0.576. The van der Waals surface area contributed by atoms with E-state index < -0.39 is 10.0 Å². The summed E-state index contributed by atoms with van der Waals surface area (Å²) in [5.74, 6) is 5.30. The van der Waals surface area contributed by atoms with Gasteiger partial charge in [-0.25, -0.2) is 4.98 Å². The maximum atomic E-state index is 12.3. The van der Waals surface area contributed by atoms with Gasteiger partial charge in [0.15, 0.2) is 0 Å². The third kappa shape index (κ3) is 3.09. The van der Waals surface area contributed by atoms with Crippen molar-refractivity contribution in [1.29, 1.82) is 0 Å². The van der Waals surface area contributed by atoms with E-state index in [1.165, 1.54) is 12.3 Å². The molecule has 0 aliphatic rings. The van der Waals surface area contributed by atoms with Gasteiger partial charge >= 0.3 is 0 Å². The minimum absolute atomic E-state index is 0.157. The van der Waals surface area contributed by atoms with Gasteiger partial charge < -0.3 is 5.43 Å². The van der Waals surface area contributed by atoms with Gasteiger partial charge in [0.05, 0.1) is 11.4 Å². The van der Waals surface area contributed by atoms with Gasteiger partial charge in [-0.15, -0.1) is 0 Å². The molecular formula is C12H13BrN4O2S. The number of hydrazine groups is 1. The van der Waals surface area contributed by atoms with Crippen LogP contribution in [0.1, 0.15) is 5.56 Å². The van der Waals surface area contributed by atoms with Crippen LogP contribution in [0.5, 0.6) is 0 Å². The van der Waals surface area contributed by atoms with E-state index in [1.54, 1.807) is 12.1 Å². The molecule has 106 valence electrons. The first-order chi connectivity index (χ1) is 9.44. The minimum atomic E-state index is -3.83. The Labute approximate surface area is 125 Å². The van der Waals surface area contributed by atoms with Crippen molar-refractivity contribution in [2.24, 2.45) is 5.84 Å². The van der Waals surface area contributed by atoms with Gasteiger partial charge in [-0.05, 0) is 52.7 Å². The predicted molar refractivity (Wildman–Crippen MR) is 81.7 cm³/mol. The SMILES string of the molecule is Cc1ccc(NS(=O)(=O)c2ncccc2NN)c(Br)c1. The van der Waals surface area contributed by atoms with E-state index >= 15 is 0 Å². The zero-order valence-corrected chi connectivity index (χ0v) is 13.0. The molecule has 0 aliphatic carbocycles. The molecule has 2 aromatic rings. The summed E-state index contributed by atoms with van der Waals surface area (Å²) in [5.41, 5.74) is 3.99. The molecule has 1 aromatic carbocycles. The van der Waals surface area contributed by atoms with Crippen LogP contribution < -0.4 is 16.0 Å². The molecule has 1 heterocycles. The molecule has 0 amide bonds. The van der Waals surface area contributed by atoms with Gasteiger partial charge in [-0.2, -0.15) is 8.42 Å². The van der Waals surface area contributed by atoms with E-state index in [1.807, 2.05) is 19.1 Å². The Morgan fingerprint density at radius 1 is 1.25 bits per heavy atom. The summed E-state index contributed by atoms with van der Waals surface area (Å²) in [6, 6.07) is 8.43. The van der Waals surface area contributed by atoms with Gasteiger partial charge in [0, 0.05) is 10.7 Å². The summed E-state index contributed by atoms with van der Waals surface area (Å²) in [6.45, 7) is 1.91. The number of aryl methyl sites for hydroxylation is 1. The number of aromatic nitrogens is 1. The molecule has 8 heteroatoms. The Hall–Kier alpha value is -1.64. The number of halogens is 1. The number of nitrogen functional groups attached to an aromatic ring is 1. The molecule has 20 heavy (non-hydrogen) atoms. The van der Waals surface area contributed by atoms with Crippen LogP contribution in [0.4, 0.5) is 11.4 Å². The van der Waals surface area contributed by atoms with Crippen LogP contribution >= 0.6 is 15.9 Å². The van der Waals surface area contributed by atoms with Crippen LogP contribution in [0.25, 0.3) is 0 Å². The van der Waals surface area contributed by atoms with Gasteiger partial charge in [-0.1, -0.05) is 6.07 Å². The molecule has 6 nitrogen and oxygen atoms in total. The summed E-state index contributed by atoms with van der Waals surface area (Å²) >= 11 is 3.32. The number of nitrogens with two attached hydrogens (primary N) is 1. The van der Waals surface area contributed by atoms with Crippen molar-refractivity contribution < 1.29 is 8.42 Å². The van der Waals surface area contributed by atoms with Crippen LogP contribution in [0, 0.1) is 6.92 Å². The fourth-order valence-corrected chi connectivity index (χ4v) is 3.51. The zero-order chi connectivity index (χ0) is 14.8. The number of nitrogens with one attached hydrogen (secondary N) is 2. The van der Waals surface area contributed by atoms with Crippen LogP contribution in [0.3, 0.4) is 0 Å². The molecular weight excluding hydrogens is 344 g/mol. The molecule has 1 aromatic heterocycles. The number of sulfonamides is 1. The van der Waals surface area contributed by atoms with E-state index in [0.717, 1.165) is 5.56 Å². The van der Waals surface area contributed by atoms with Crippen molar-refractivity contribution in [1.82, 2.24) is 4.98 Å². The molecule has 2 rings (SSSR count). The van der Waals surface area contributed by atoms with Crippen molar-refractivity contribution in [2.75, 3.05) is 10.1 Å². The second kappa shape index (κ2) is 5.78. The van der Waals surface area contributed by atoms with E-state index in [9.17, 15) is 8.42 Å². The Morgan fingerprint density at radius 3 is 2.65 bits per heavy atom. The van der Waals surface area contributed by atoms with E-state index in [-0.39, 0.29) is 10.7 Å². The molecule has 4 N–H and O–H groups in total.